The molecule has 9 heavy (non-hydrogen) atoms. The maximum Gasteiger partial charge on any atom is 0.220 e. The highest BCUT2D eigenvalue weighted by atomic mass is 16.2. The number of rotatable bonds is 0. The quantitative estimate of drug-likeness (QED) is 0.506. The molecular formula is C7H11NO. The van der Waals surface area contributed by atoms with E-state index in [2.05, 4.69) is 5.32 Å². The van der Waals surface area contributed by atoms with Crippen LogP contribution in [0.15, 0.2) is 0 Å². The third-order valence-corrected chi connectivity index (χ3v) is 2.45. The fourth-order valence-electron chi connectivity index (χ4n) is 1.98. The first-order valence-corrected chi connectivity index (χ1v) is 3.65. The molecule has 50 valence electrons. The largest absolute Gasteiger partial charge is 0.353 e. The van der Waals surface area contributed by atoms with Crippen molar-refractivity contribution in [3.05, 3.63) is 0 Å². The summed E-state index contributed by atoms with van der Waals surface area (Å²) in [5.74, 6) is 0.960. The van der Waals surface area contributed by atoms with Gasteiger partial charge in [0.05, 0.1) is 0 Å². The minimum atomic E-state index is 0.268. The molecule has 1 unspecified atom stereocenters. The summed E-state index contributed by atoms with van der Waals surface area (Å²) in [4.78, 5) is 10.7. The molecule has 0 radical (unpaired) electrons. The van der Waals surface area contributed by atoms with Gasteiger partial charge in [-0.25, -0.2) is 0 Å². The molecule has 2 atom stereocenters. The van der Waals surface area contributed by atoms with Gasteiger partial charge >= 0.3 is 0 Å². The molecule has 1 saturated carbocycles. The van der Waals surface area contributed by atoms with Crippen LogP contribution in [0.3, 0.4) is 0 Å². The Kier molecular flexibility index (Phi) is 1.01. The summed E-state index contributed by atoms with van der Waals surface area (Å²) in [6.07, 6.45) is 4.60. The third kappa shape index (κ3) is 0.732. The van der Waals surface area contributed by atoms with E-state index in [4.69, 9.17) is 0 Å². The van der Waals surface area contributed by atoms with Crippen LogP contribution in [0.25, 0.3) is 0 Å². The van der Waals surface area contributed by atoms with Crippen LogP contribution in [0.5, 0.6) is 0 Å². The Hall–Kier alpha value is -0.530. The highest BCUT2D eigenvalue weighted by Crippen LogP contribution is 2.32. The second kappa shape index (κ2) is 1.72. The predicted molar refractivity (Wildman–Crippen MR) is 33.9 cm³/mol. The molecule has 2 heteroatoms. The van der Waals surface area contributed by atoms with Gasteiger partial charge in [0.2, 0.25) is 5.91 Å². The standard InChI is InChI=1S/C7H11NO/c9-7-4-5-2-1-3-6(5)8-7/h5-6H,1-4H2,(H,8,9)/t5?,6-/m1/s1. The van der Waals surface area contributed by atoms with E-state index in [0.29, 0.717) is 12.0 Å². The van der Waals surface area contributed by atoms with Gasteiger partial charge < -0.3 is 5.32 Å². The lowest BCUT2D eigenvalue weighted by molar-refractivity contribution is -0.119. The van der Waals surface area contributed by atoms with Crippen molar-refractivity contribution in [2.75, 3.05) is 0 Å². The maximum atomic E-state index is 10.7. The zero-order chi connectivity index (χ0) is 6.27. The van der Waals surface area contributed by atoms with Crippen molar-refractivity contribution >= 4 is 5.91 Å². The lowest BCUT2D eigenvalue weighted by Gasteiger charge is -2.04. The molecule has 1 aliphatic carbocycles. The van der Waals surface area contributed by atoms with Gasteiger partial charge in [0.1, 0.15) is 0 Å². The Bertz CT molecular complexity index is 130. The van der Waals surface area contributed by atoms with E-state index in [1.165, 1.54) is 19.3 Å². The SMILES string of the molecule is O=C1CC2CCC[C@H]2N1. The lowest BCUT2D eigenvalue weighted by Crippen LogP contribution is -2.25. The second-order valence-electron chi connectivity index (χ2n) is 3.07. The third-order valence-electron chi connectivity index (χ3n) is 2.45. The van der Waals surface area contributed by atoms with Gasteiger partial charge in [-0.1, -0.05) is 6.42 Å². The Morgan fingerprint density at radius 2 is 2.33 bits per heavy atom. The lowest BCUT2D eigenvalue weighted by atomic mass is 10.1. The zero-order valence-corrected chi connectivity index (χ0v) is 5.39. The van der Waals surface area contributed by atoms with Gasteiger partial charge in [-0.3, -0.25) is 4.79 Å². The van der Waals surface area contributed by atoms with Crippen LogP contribution in [0.4, 0.5) is 0 Å². The summed E-state index contributed by atoms with van der Waals surface area (Å²) < 4.78 is 0. The molecule has 2 rings (SSSR count). The van der Waals surface area contributed by atoms with Gasteiger partial charge in [0.25, 0.3) is 0 Å². The van der Waals surface area contributed by atoms with Gasteiger partial charge in [0, 0.05) is 12.5 Å². The molecule has 1 amide bonds. The molecule has 1 N–H and O–H groups in total. The Labute approximate surface area is 54.6 Å². The van der Waals surface area contributed by atoms with Crippen LogP contribution in [-0.2, 0) is 4.79 Å². The van der Waals surface area contributed by atoms with Crippen molar-refractivity contribution in [1.82, 2.24) is 5.32 Å². The van der Waals surface area contributed by atoms with E-state index in [-0.39, 0.29) is 5.91 Å². The predicted octanol–water partition coefficient (Wildman–Crippen LogP) is 0.675. The highest BCUT2D eigenvalue weighted by Gasteiger charge is 2.35. The van der Waals surface area contributed by atoms with Crippen molar-refractivity contribution in [2.45, 2.75) is 31.7 Å². The second-order valence-corrected chi connectivity index (χ2v) is 3.07. The number of fused-ring (bicyclic) bond motifs is 1. The van der Waals surface area contributed by atoms with Gasteiger partial charge in [-0.05, 0) is 18.8 Å². The molecule has 2 nitrogen and oxygen atoms in total. The van der Waals surface area contributed by atoms with E-state index < -0.39 is 0 Å². The van der Waals surface area contributed by atoms with E-state index in [1.807, 2.05) is 0 Å². The average molecular weight is 125 g/mol. The van der Waals surface area contributed by atoms with Crippen LogP contribution in [0, 0.1) is 5.92 Å². The Balaban J connectivity index is 2.09. The number of carbonyl (C=O) groups excluding carboxylic acids is 1. The first-order valence-electron chi connectivity index (χ1n) is 3.65. The number of hydrogen-bond donors (Lipinski definition) is 1. The summed E-state index contributed by atoms with van der Waals surface area (Å²) in [5, 5.41) is 2.98. The van der Waals surface area contributed by atoms with E-state index >= 15 is 0 Å². The first kappa shape index (κ1) is 5.27. The van der Waals surface area contributed by atoms with Crippen molar-refractivity contribution in [3.63, 3.8) is 0 Å². The minimum Gasteiger partial charge on any atom is -0.353 e. The maximum absolute atomic E-state index is 10.7. The van der Waals surface area contributed by atoms with Gasteiger partial charge in [-0.2, -0.15) is 0 Å². The Morgan fingerprint density at radius 1 is 1.44 bits per heavy atom. The van der Waals surface area contributed by atoms with Crippen molar-refractivity contribution in [2.24, 2.45) is 5.92 Å². The minimum absolute atomic E-state index is 0.268. The summed E-state index contributed by atoms with van der Waals surface area (Å²) in [5.41, 5.74) is 0. The van der Waals surface area contributed by atoms with Crippen LogP contribution in [0.2, 0.25) is 0 Å². The van der Waals surface area contributed by atoms with Crippen LogP contribution >= 0.6 is 0 Å². The average Bonchev–Trinajstić information content (AvgIpc) is 2.22. The number of amides is 1. The van der Waals surface area contributed by atoms with Gasteiger partial charge in [0.15, 0.2) is 0 Å². The molecule has 0 spiro atoms. The van der Waals surface area contributed by atoms with E-state index in [9.17, 15) is 4.79 Å². The molecule has 0 bridgehead atoms. The Morgan fingerprint density at radius 3 is 3.11 bits per heavy atom. The smallest absolute Gasteiger partial charge is 0.220 e. The summed E-state index contributed by atoms with van der Waals surface area (Å²) in [6.45, 7) is 0. The van der Waals surface area contributed by atoms with Crippen LogP contribution < -0.4 is 5.32 Å². The molecule has 1 heterocycles. The van der Waals surface area contributed by atoms with E-state index in [1.54, 1.807) is 0 Å². The van der Waals surface area contributed by atoms with Gasteiger partial charge in [-0.15, -0.1) is 0 Å². The van der Waals surface area contributed by atoms with E-state index in [0.717, 1.165) is 6.42 Å². The molecule has 0 aromatic heterocycles. The number of hydrogen-bond acceptors (Lipinski definition) is 1. The number of carbonyl (C=O) groups is 1. The highest BCUT2D eigenvalue weighted by molar-refractivity contribution is 5.79. The van der Waals surface area contributed by atoms with Crippen LogP contribution in [-0.4, -0.2) is 11.9 Å². The molecule has 2 aliphatic rings. The topological polar surface area (TPSA) is 29.1 Å². The summed E-state index contributed by atoms with van der Waals surface area (Å²) >= 11 is 0. The molecule has 1 aliphatic heterocycles. The molecule has 0 aromatic carbocycles. The summed E-state index contributed by atoms with van der Waals surface area (Å²) in [7, 11) is 0. The van der Waals surface area contributed by atoms with Crippen molar-refractivity contribution in [3.8, 4) is 0 Å². The van der Waals surface area contributed by atoms with Crippen molar-refractivity contribution in [1.29, 1.82) is 0 Å². The number of nitrogens with one attached hydrogen (secondary N) is 1. The zero-order valence-electron chi connectivity index (χ0n) is 5.39. The normalized spacial score (nSPS) is 40.7. The van der Waals surface area contributed by atoms with Crippen LogP contribution in [0.1, 0.15) is 25.7 Å². The first-order chi connectivity index (χ1) is 4.36. The monoisotopic (exact) mass is 125 g/mol. The van der Waals surface area contributed by atoms with Crippen molar-refractivity contribution < 1.29 is 4.79 Å². The molecule has 0 aromatic rings. The fraction of sp³-hybridized carbons (Fsp3) is 0.857. The fourth-order valence-corrected chi connectivity index (χ4v) is 1.98. The molecule has 1 saturated heterocycles. The molecule has 2 fully saturated rings. The molecular weight excluding hydrogens is 114 g/mol. The summed E-state index contributed by atoms with van der Waals surface area (Å²) in [6, 6.07) is 0.553.